The minimum Gasteiger partial charge on any atom is -0.341 e. The summed E-state index contributed by atoms with van der Waals surface area (Å²) in [6, 6.07) is 4.30. The quantitative estimate of drug-likeness (QED) is 0.775. The van der Waals surface area contributed by atoms with Crippen LogP contribution in [0.1, 0.15) is 39.0 Å². The second-order valence-electron chi connectivity index (χ2n) is 7.03. The highest BCUT2D eigenvalue weighted by Crippen LogP contribution is 2.27. The van der Waals surface area contributed by atoms with Gasteiger partial charge in [-0.25, -0.2) is 9.18 Å². The molecule has 0 radical (unpaired) electrons. The van der Waals surface area contributed by atoms with Crippen LogP contribution >= 0.6 is 0 Å². The van der Waals surface area contributed by atoms with Gasteiger partial charge in [-0.1, -0.05) is 19.3 Å². The van der Waals surface area contributed by atoms with E-state index in [2.05, 4.69) is 0 Å². The molecular formula is C19H24FN3O3. The third kappa shape index (κ3) is 3.43. The van der Waals surface area contributed by atoms with Gasteiger partial charge in [-0.2, -0.15) is 0 Å². The van der Waals surface area contributed by atoms with Crippen molar-refractivity contribution in [3.8, 4) is 0 Å². The molecule has 1 atom stereocenters. The largest absolute Gasteiger partial charge is 0.341 e. The number of hydrogen-bond acceptors (Lipinski definition) is 3. The van der Waals surface area contributed by atoms with Gasteiger partial charge in [0.15, 0.2) is 0 Å². The third-order valence-electron chi connectivity index (χ3n) is 5.36. The lowest BCUT2D eigenvalue weighted by atomic mass is 9.94. The fourth-order valence-corrected chi connectivity index (χ4v) is 3.73. The Morgan fingerprint density at radius 1 is 1.15 bits per heavy atom. The molecule has 0 unspecified atom stereocenters. The Morgan fingerprint density at radius 3 is 2.38 bits per heavy atom. The Labute approximate surface area is 152 Å². The van der Waals surface area contributed by atoms with E-state index in [1.807, 2.05) is 0 Å². The van der Waals surface area contributed by atoms with Gasteiger partial charge in [0.25, 0.3) is 5.91 Å². The van der Waals surface area contributed by atoms with Crippen LogP contribution in [0, 0.1) is 5.82 Å². The second-order valence-corrected chi connectivity index (χ2v) is 7.03. The molecule has 1 aliphatic heterocycles. The molecule has 140 valence electrons. The predicted molar refractivity (Wildman–Crippen MR) is 95.1 cm³/mol. The molecular weight excluding hydrogens is 337 g/mol. The summed E-state index contributed by atoms with van der Waals surface area (Å²) in [7, 11) is 1.74. The van der Waals surface area contributed by atoms with Crippen LogP contribution in [0.3, 0.4) is 0 Å². The van der Waals surface area contributed by atoms with Crippen molar-refractivity contribution in [1.29, 1.82) is 0 Å². The number of rotatable bonds is 4. The van der Waals surface area contributed by atoms with Crippen molar-refractivity contribution >= 4 is 23.5 Å². The van der Waals surface area contributed by atoms with Gasteiger partial charge in [0.05, 0.1) is 0 Å². The number of imide groups is 1. The summed E-state index contributed by atoms with van der Waals surface area (Å²) in [6.45, 7) is 1.35. The Bertz CT molecular complexity index is 700. The number of urea groups is 1. The molecule has 2 aliphatic rings. The molecule has 7 heteroatoms. The first-order chi connectivity index (χ1) is 12.4. The van der Waals surface area contributed by atoms with Gasteiger partial charge in [-0.15, -0.1) is 0 Å². The number of amides is 4. The van der Waals surface area contributed by atoms with Gasteiger partial charge in [0.1, 0.15) is 18.4 Å². The maximum Gasteiger partial charge on any atom is 0.332 e. The highest BCUT2D eigenvalue weighted by atomic mass is 19.1. The normalized spacial score (nSPS) is 21.4. The zero-order valence-electron chi connectivity index (χ0n) is 15.2. The average Bonchev–Trinajstić information content (AvgIpc) is 2.86. The Hall–Kier alpha value is -2.44. The van der Waals surface area contributed by atoms with Crippen molar-refractivity contribution in [3.63, 3.8) is 0 Å². The van der Waals surface area contributed by atoms with E-state index in [0.717, 1.165) is 30.6 Å². The molecule has 1 aliphatic carbocycles. The van der Waals surface area contributed by atoms with Crippen molar-refractivity contribution in [2.24, 2.45) is 0 Å². The molecule has 6 nitrogen and oxygen atoms in total. The molecule has 2 fully saturated rings. The average molecular weight is 361 g/mol. The zero-order chi connectivity index (χ0) is 18.8. The fourth-order valence-electron chi connectivity index (χ4n) is 3.73. The minimum atomic E-state index is -0.722. The van der Waals surface area contributed by atoms with E-state index in [9.17, 15) is 18.8 Å². The molecule has 1 aromatic rings. The van der Waals surface area contributed by atoms with Crippen molar-refractivity contribution < 1.29 is 18.8 Å². The van der Waals surface area contributed by atoms with Crippen LogP contribution in [-0.2, 0) is 9.59 Å². The van der Waals surface area contributed by atoms with Gasteiger partial charge < -0.3 is 4.90 Å². The lowest BCUT2D eigenvalue weighted by molar-refractivity contribution is -0.138. The summed E-state index contributed by atoms with van der Waals surface area (Å²) in [4.78, 5) is 41.8. The fraction of sp³-hybridized carbons (Fsp3) is 0.526. The summed E-state index contributed by atoms with van der Waals surface area (Å²) in [5.74, 6) is -1.06. The molecule has 1 saturated heterocycles. The second kappa shape index (κ2) is 7.43. The lowest BCUT2D eigenvalue weighted by Crippen LogP contribution is -2.46. The predicted octanol–water partition coefficient (Wildman–Crippen LogP) is 2.77. The summed E-state index contributed by atoms with van der Waals surface area (Å²) in [6.07, 6.45) is 5.30. The summed E-state index contributed by atoms with van der Waals surface area (Å²) in [5, 5.41) is 0. The summed E-state index contributed by atoms with van der Waals surface area (Å²) < 4.78 is 13.1. The van der Waals surface area contributed by atoms with E-state index >= 15 is 0 Å². The Balaban J connectivity index is 1.71. The molecule has 0 aromatic heterocycles. The van der Waals surface area contributed by atoms with Crippen LogP contribution in [0.25, 0.3) is 0 Å². The van der Waals surface area contributed by atoms with Gasteiger partial charge in [-0.3, -0.25) is 19.4 Å². The molecule has 26 heavy (non-hydrogen) atoms. The maximum absolute atomic E-state index is 13.1. The number of hydrogen-bond donors (Lipinski definition) is 0. The monoisotopic (exact) mass is 361 g/mol. The lowest BCUT2D eigenvalue weighted by Gasteiger charge is -2.32. The topological polar surface area (TPSA) is 60.9 Å². The summed E-state index contributed by atoms with van der Waals surface area (Å²) >= 11 is 0. The number of carbonyl (C=O) groups excluding carboxylic acids is 3. The Morgan fingerprint density at radius 2 is 1.77 bits per heavy atom. The molecule has 1 saturated carbocycles. The van der Waals surface area contributed by atoms with E-state index in [-0.39, 0.29) is 18.5 Å². The molecule has 0 bridgehead atoms. The summed E-state index contributed by atoms with van der Waals surface area (Å²) in [5.41, 5.74) is 0.438. The van der Waals surface area contributed by atoms with Crippen molar-refractivity contribution in [2.75, 3.05) is 18.5 Å². The van der Waals surface area contributed by atoms with E-state index < -0.39 is 23.8 Å². The van der Waals surface area contributed by atoms with Crippen molar-refractivity contribution in [2.45, 2.75) is 51.1 Å². The van der Waals surface area contributed by atoms with Crippen LogP contribution in [0.5, 0.6) is 0 Å². The van der Waals surface area contributed by atoms with Crippen LogP contribution in [-0.4, -0.2) is 53.3 Å². The highest BCUT2D eigenvalue weighted by molar-refractivity contribution is 6.15. The number of benzene rings is 1. The number of anilines is 1. The highest BCUT2D eigenvalue weighted by Gasteiger charge is 2.44. The van der Waals surface area contributed by atoms with Gasteiger partial charge in [-0.05, 0) is 44.0 Å². The molecule has 0 spiro atoms. The molecule has 0 N–H and O–H groups in total. The zero-order valence-corrected chi connectivity index (χ0v) is 15.2. The van der Waals surface area contributed by atoms with E-state index in [4.69, 9.17) is 0 Å². The number of likely N-dealkylation sites (N-methyl/N-ethyl adjacent to an activating group) is 1. The van der Waals surface area contributed by atoms with Crippen LogP contribution in [0.15, 0.2) is 24.3 Å². The van der Waals surface area contributed by atoms with Gasteiger partial charge >= 0.3 is 6.03 Å². The van der Waals surface area contributed by atoms with Crippen LogP contribution in [0.2, 0.25) is 0 Å². The van der Waals surface area contributed by atoms with Crippen LogP contribution in [0.4, 0.5) is 14.9 Å². The maximum atomic E-state index is 13.1. The smallest absolute Gasteiger partial charge is 0.332 e. The Kier molecular flexibility index (Phi) is 5.25. The molecule has 1 aromatic carbocycles. The minimum absolute atomic E-state index is 0.176. The van der Waals surface area contributed by atoms with Crippen molar-refractivity contribution in [1.82, 2.24) is 9.80 Å². The van der Waals surface area contributed by atoms with Crippen molar-refractivity contribution in [3.05, 3.63) is 30.1 Å². The standard InChI is InChI=1S/C19H24FN3O3/c1-13-18(25)22(12-17(24)21(2)15-6-4-3-5-7-15)19(26)23(13)16-10-8-14(20)9-11-16/h8-11,13,15H,3-7,12H2,1-2H3/t13-/m1/s1. The molecule has 1 heterocycles. The van der Waals surface area contributed by atoms with Gasteiger partial charge in [0, 0.05) is 18.8 Å². The van der Waals surface area contributed by atoms with E-state index in [1.54, 1.807) is 18.9 Å². The first-order valence-electron chi connectivity index (χ1n) is 9.06. The first-order valence-corrected chi connectivity index (χ1v) is 9.06. The van der Waals surface area contributed by atoms with Gasteiger partial charge in [0.2, 0.25) is 5.91 Å². The number of carbonyl (C=O) groups is 3. The van der Waals surface area contributed by atoms with Crippen LogP contribution < -0.4 is 4.90 Å². The van der Waals surface area contributed by atoms with E-state index in [1.165, 1.54) is 35.6 Å². The first kappa shape index (κ1) is 18.4. The molecule has 3 rings (SSSR count). The van der Waals surface area contributed by atoms with E-state index in [0.29, 0.717) is 5.69 Å². The third-order valence-corrected chi connectivity index (χ3v) is 5.36. The SMILES string of the molecule is C[C@@H]1C(=O)N(CC(=O)N(C)C2CCCCC2)C(=O)N1c1ccc(F)cc1. The molecule has 4 amide bonds. The number of halogens is 1. The number of nitrogens with zero attached hydrogens (tertiary/aromatic N) is 3.